The third-order valence-electron chi connectivity index (χ3n) is 3.10. The van der Waals surface area contributed by atoms with Crippen molar-refractivity contribution in [2.24, 2.45) is 5.73 Å². The van der Waals surface area contributed by atoms with E-state index < -0.39 is 0 Å². The van der Waals surface area contributed by atoms with Crippen LogP contribution >= 0.6 is 0 Å². The highest BCUT2D eigenvalue weighted by Gasteiger charge is 2.18. The van der Waals surface area contributed by atoms with Gasteiger partial charge in [0.05, 0.1) is 0 Å². The topological polar surface area (TPSA) is 68.0 Å². The Hall–Kier alpha value is -2.20. The summed E-state index contributed by atoms with van der Waals surface area (Å²) < 4.78 is 0. The first kappa shape index (κ1) is 14.2. The van der Waals surface area contributed by atoms with E-state index in [2.05, 4.69) is 10.3 Å². The van der Waals surface area contributed by atoms with Crippen LogP contribution in [0.5, 0.6) is 0 Å². The van der Waals surface area contributed by atoms with Crippen molar-refractivity contribution in [3.63, 3.8) is 0 Å². The molecule has 2 aromatic rings. The number of nitrogens with zero attached hydrogens (tertiary/aromatic N) is 1. The van der Waals surface area contributed by atoms with Crippen LogP contribution in [0.2, 0.25) is 0 Å². The van der Waals surface area contributed by atoms with Crippen LogP contribution in [0.15, 0.2) is 54.7 Å². The lowest BCUT2D eigenvalue weighted by Gasteiger charge is -2.16. The standard InChI is InChI=1S/C16H19N3O/c17-9-11-19-16(20)12-14(13-6-2-1-3-7-13)15-8-4-5-10-18-15/h1-8,10,14H,9,11-12,17H2,(H,19,20). The molecule has 0 fully saturated rings. The average Bonchev–Trinajstić information content (AvgIpc) is 2.52. The van der Waals surface area contributed by atoms with E-state index in [1.807, 2.05) is 48.5 Å². The van der Waals surface area contributed by atoms with Gasteiger partial charge in [-0.15, -0.1) is 0 Å². The summed E-state index contributed by atoms with van der Waals surface area (Å²) >= 11 is 0. The van der Waals surface area contributed by atoms with Crippen molar-refractivity contribution in [1.82, 2.24) is 10.3 Å². The summed E-state index contributed by atoms with van der Waals surface area (Å²) in [6, 6.07) is 15.7. The van der Waals surface area contributed by atoms with Gasteiger partial charge in [-0.25, -0.2) is 0 Å². The smallest absolute Gasteiger partial charge is 0.221 e. The molecule has 1 unspecified atom stereocenters. The molecule has 104 valence electrons. The van der Waals surface area contributed by atoms with Crippen molar-refractivity contribution in [3.05, 3.63) is 66.0 Å². The predicted molar refractivity (Wildman–Crippen MR) is 79.2 cm³/mol. The molecule has 2 rings (SSSR count). The van der Waals surface area contributed by atoms with Crippen LogP contribution in [0.25, 0.3) is 0 Å². The lowest BCUT2D eigenvalue weighted by atomic mass is 9.91. The summed E-state index contributed by atoms with van der Waals surface area (Å²) in [6.45, 7) is 0.952. The number of rotatable bonds is 6. The normalized spacial score (nSPS) is 11.8. The molecule has 3 N–H and O–H groups in total. The van der Waals surface area contributed by atoms with Crippen molar-refractivity contribution in [2.75, 3.05) is 13.1 Å². The van der Waals surface area contributed by atoms with Crippen molar-refractivity contribution in [2.45, 2.75) is 12.3 Å². The number of carbonyl (C=O) groups is 1. The summed E-state index contributed by atoms with van der Waals surface area (Å²) in [7, 11) is 0. The van der Waals surface area contributed by atoms with Gasteiger partial charge in [0.1, 0.15) is 0 Å². The highest BCUT2D eigenvalue weighted by molar-refractivity contribution is 5.77. The fourth-order valence-electron chi connectivity index (χ4n) is 2.13. The van der Waals surface area contributed by atoms with E-state index in [1.165, 1.54) is 0 Å². The van der Waals surface area contributed by atoms with E-state index in [4.69, 9.17) is 5.73 Å². The highest BCUT2D eigenvalue weighted by atomic mass is 16.1. The summed E-state index contributed by atoms with van der Waals surface area (Å²) in [5.41, 5.74) is 7.40. The second-order valence-corrected chi connectivity index (χ2v) is 4.56. The molecule has 0 saturated heterocycles. The molecule has 4 nitrogen and oxygen atoms in total. The summed E-state index contributed by atoms with van der Waals surface area (Å²) in [5, 5.41) is 2.81. The van der Waals surface area contributed by atoms with E-state index in [-0.39, 0.29) is 11.8 Å². The Balaban J connectivity index is 2.19. The van der Waals surface area contributed by atoms with Gasteiger partial charge in [-0.2, -0.15) is 0 Å². The van der Waals surface area contributed by atoms with Crippen LogP contribution in [0.1, 0.15) is 23.6 Å². The Morgan fingerprint density at radius 2 is 1.90 bits per heavy atom. The predicted octanol–water partition coefficient (Wildman–Crippen LogP) is 1.68. The fourth-order valence-corrected chi connectivity index (χ4v) is 2.13. The first-order chi connectivity index (χ1) is 9.81. The third-order valence-corrected chi connectivity index (χ3v) is 3.10. The number of amides is 1. The molecule has 1 amide bonds. The van der Waals surface area contributed by atoms with Crippen LogP contribution in [0.3, 0.4) is 0 Å². The number of nitrogens with one attached hydrogen (secondary N) is 1. The minimum Gasteiger partial charge on any atom is -0.355 e. The van der Waals surface area contributed by atoms with Gasteiger partial charge in [0.2, 0.25) is 5.91 Å². The van der Waals surface area contributed by atoms with E-state index in [1.54, 1.807) is 6.20 Å². The van der Waals surface area contributed by atoms with Gasteiger partial charge in [0, 0.05) is 37.3 Å². The van der Waals surface area contributed by atoms with Crippen LogP contribution in [0, 0.1) is 0 Å². The maximum atomic E-state index is 12.0. The van der Waals surface area contributed by atoms with Gasteiger partial charge in [0.15, 0.2) is 0 Å². The van der Waals surface area contributed by atoms with Crippen molar-refractivity contribution < 1.29 is 4.79 Å². The molecule has 1 atom stereocenters. The van der Waals surface area contributed by atoms with Gasteiger partial charge in [-0.05, 0) is 17.7 Å². The number of aromatic nitrogens is 1. The minimum atomic E-state index is -0.0322. The molecule has 0 radical (unpaired) electrons. The Bertz CT molecular complexity index is 488. The molecule has 0 bridgehead atoms. The van der Waals surface area contributed by atoms with E-state index in [0.717, 1.165) is 11.3 Å². The zero-order valence-corrected chi connectivity index (χ0v) is 11.3. The Kier molecular flexibility index (Phi) is 5.26. The number of hydrogen-bond donors (Lipinski definition) is 2. The van der Waals surface area contributed by atoms with Gasteiger partial charge in [-0.3, -0.25) is 9.78 Å². The monoisotopic (exact) mass is 269 g/mol. The summed E-state index contributed by atoms with van der Waals surface area (Å²) in [5.74, 6) is -0.0369. The maximum Gasteiger partial charge on any atom is 0.221 e. The van der Waals surface area contributed by atoms with Crippen molar-refractivity contribution in [1.29, 1.82) is 0 Å². The summed E-state index contributed by atoms with van der Waals surface area (Å²) in [6.07, 6.45) is 2.13. The molecule has 1 aromatic carbocycles. The third kappa shape index (κ3) is 3.90. The highest BCUT2D eigenvalue weighted by Crippen LogP contribution is 2.26. The largest absolute Gasteiger partial charge is 0.355 e. The maximum absolute atomic E-state index is 12.0. The van der Waals surface area contributed by atoms with Crippen LogP contribution in [-0.4, -0.2) is 24.0 Å². The van der Waals surface area contributed by atoms with Crippen molar-refractivity contribution in [3.8, 4) is 0 Å². The fraction of sp³-hybridized carbons (Fsp3) is 0.250. The van der Waals surface area contributed by atoms with E-state index in [0.29, 0.717) is 19.5 Å². The lowest BCUT2D eigenvalue weighted by molar-refractivity contribution is -0.121. The Morgan fingerprint density at radius 1 is 1.15 bits per heavy atom. The minimum absolute atomic E-state index is 0.00467. The van der Waals surface area contributed by atoms with Crippen LogP contribution < -0.4 is 11.1 Å². The SMILES string of the molecule is NCCNC(=O)CC(c1ccccc1)c1ccccn1. The van der Waals surface area contributed by atoms with E-state index in [9.17, 15) is 4.79 Å². The Labute approximate surface area is 119 Å². The molecule has 1 heterocycles. The van der Waals surface area contributed by atoms with Crippen LogP contribution in [0.4, 0.5) is 0 Å². The molecule has 4 heteroatoms. The molecule has 0 saturated carbocycles. The zero-order valence-electron chi connectivity index (χ0n) is 11.3. The van der Waals surface area contributed by atoms with Crippen LogP contribution in [-0.2, 0) is 4.79 Å². The van der Waals surface area contributed by atoms with E-state index >= 15 is 0 Å². The van der Waals surface area contributed by atoms with Gasteiger partial charge < -0.3 is 11.1 Å². The average molecular weight is 269 g/mol. The number of benzene rings is 1. The Morgan fingerprint density at radius 3 is 2.55 bits per heavy atom. The quantitative estimate of drug-likeness (QED) is 0.838. The van der Waals surface area contributed by atoms with Gasteiger partial charge in [-0.1, -0.05) is 36.4 Å². The molecule has 0 spiro atoms. The second kappa shape index (κ2) is 7.40. The first-order valence-corrected chi connectivity index (χ1v) is 6.74. The molecular weight excluding hydrogens is 250 g/mol. The number of pyridine rings is 1. The molecule has 20 heavy (non-hydrogen) atoms. The number of hydrogen-bond acceptors (Lipinski definition) is 3. The summed E-state index contributed by atoms with van der Waals surface area (Å²) in [4.78, 5) is 16.3. The molecule has 1 aromatic heterocycles. The van der Waals surface area contributed by atoms with Gasteiger partial charge >= 0.3 is 0 Å². The second-order valence-electron chi connectivity index (χ2n) is 4.56. The molecule has 0 aliphatic rings. The molecular formula is C16H19N3O. The lowest BCUT2D eigenvalue weighted by Crippen LogP contribution is -2.30. The zero-order chi connectivity index (χ0) is 14.2. The number of carbonyl (C=O) groups excluding carboxylic acids is 1. The van der Waals surface area contributed by atoms with Crippen molar-refractivity contribution >= 4 is 5.91 Å². The molecule has 0 aliphatic heterocycles. The molecule has 0 aliphatic carbocycles. The number of nitrogens with two attached hydrogens (primary N) is 1. The van der Waals surface area contributed by atoms with Gasteiger partial charge in [0.25, 0.3) is 0 Å². The first-order valence-electron chi connectivity index (χ1n) is 6.74.